The number of para-hydroxylation sites is 4. The summed E-state index contributed by atoms with van der Waals surface area (Å²) in [6.07, 6.45) is 0. The van der Waals surface area contributed by atoms with Gasteiger partial charge in [0.05, 0.1) is 11.1 Å². The molecule has 0 amide bonds. The van der Waals surface area contributed by atoms with Crippen molar-refractivity contribution in [3.05, 3.63) is 237 Å². The van der Waals surface area contributed by atoms with Crippen LogP contribution < -0.4 is 51.0 Å². The molecule has 0 fully saturated rings. The maximum Gasteiger partial charge on any atom is 0.188 e. The third-order valence-electron chi connectivity index (χ3n) is 12.8. The highest BCUT2D eigenvalue weighted by Crippen LogP contribution is 2.40. The number of hydrogen-bond donors (Lipinski definition) is 0. The van der Waals surface area contributed by atoms with Crippen LogP contribution in [0.3, 0.4) is 0 Å². The normalized spacial score (nSPS) is 13.6. The molecule has 12 rings (SSSR count). The Bertz CT molecular complexity index is 3050. The van der Waals surface area contributed by atoms with E-state index in [1.807, 2.05) is 18.2 Å². The van der Waals surface area contributed by atoms with Crippen molar-refractivity contribution in [3.63, 3.8) is 0 Å². The molecule has 0 unspecified atom stereocenters. The van der Waals surface area contributed by atoms with Gasteiger partial charge in [0.2, 0.25) is 0 Å². The predicted octanol–water partition coefficient (Wildman–Crippen LogP) is 8.47. The van der Waals surface area contributed by atoms with E-state index in [0.717, 1.165) is 50.1 Å². The molecule has 0 atom stereocenters. The van der Waals surface area contributed by atoms with E-state index in [-0.39, 0.29) is 7.43 Å². The highest BCUT2D eigenvalue weighted by Gasteiger charge is 2.50. The Hall–Kier alpha value is -7.98. The molecule has 65 heavy (non-hydrogen) atoms. The summed E-state index contributed by atoms with van der Waals surface area (Å²) < 4.78 is 14.2. The van der Waals surface area contributed by atoms with Crippen LogP contribution in [0.5, 0.6) is 23.0 Å². The summed E-state index contributed by atoms with van der Waals surface area (Å²) in [7, 11) is -5.88. The van der Waals surface area contributed by atoms with Crippen LogP contribution in [0.1, 0.15) is 7.43 Å². The summed E-state index contributed by atoms with van der Waals surface area (Å²) in [6, 6.07) is 83.9. The number of aromatic nitrogens is 3. The smallest absolute Gasteiger partial charge is 0.188 e. The highest BCUT2D eigenvalue weighted by atomic mass is 28.3. The van der Waals surface area contributed by atoms with Gasteiger partial charge in [0.1, 0.15) is 23.0 Å². The third-order valence-corrected chi connectivity index (χ3v) is 22.5. The summed E-state index contributed by atoms with van der Waals surface area (Å²) >= 11 is 0. The molecule has 0 spiro atoms. The Balaban J connectivity index is 0.00000469. The molecule has 2 aliphatic heterocycles. The van der Waals surface area contributed by atoms with E-state index in [0.29, 0.717) is 17.5 Å². The fourth-order valence-corrected chi connectivity index (χ4v) is 20.1. The van der Waals surface area contributed by atoms with Crippen LogP contribution in [0.25, 0.3) is 34.2 Å². The van der Waals surface area contributed by atoms with Gasteiger partial charge in [0.25, 0.3) is 0 Å². The second-order valence-corrected chi connectivity index (χ2v) is 23.7. The average molecular weight is 870 g/mol. The second kappa shape index (κ2) is 16.3. The van der Waals surface area contributed by atoms with Gasteiger partial charge in [-0.05, 0) is 65.8 Å². The van der Waals surface area contributed by atoms with Gasteiger partial charge < -0.3 is 9.47 Å². The molecule has 0 N–H and O–H groups in total. The van der Waals surface area contributed by atoms with Crippen LogP contribution in [-0.4, -0.2) is 31.1 Å². The van der Waals surface area contributed by atoms with Gasteiger partial charge in [0, 0.05) is 5.56 Å². The average Bonchev–Trinajstić information content (AvgIpc) is 3.38. The zero-order valence-corrected chi connectivity index (χ0v) is 36.7. The Morgan fingerprint density at radius 2 is 0.585 bits per heavy atom. The van der Waals surface area contributed by atoms with Gasteiger partial charge in [-0.15, -0.1) is 0 Å². The summed E-state index contributed by atoms with van der Waals surface area (Å²) in [5.74, 6) is 4.80. The van der Waals surface area contributed by atoms with Gasteiger partial charge in [-0.3, -0.25) is 0 Å². The summed E-state index contributed by atoms with van der Waals surface area (Å²) in [4.78, 5) is 16.1. The van der Waals surface area contributed by atoms with Crippen LogP contribution >= 0.6 is 0 Å². The highest BCUT2D eigenvalue weighted by molar-refractivity contribution is 7.21. The van der Waals surface area contributed by atoms with Crippen molar-refractivity contribution in [2.24, 2.45) is 0 Å². The number of fused-ring (bicyclic) bond motifs is 4. The maximum atomic E-state index is 7.12. The van der Waals surface area contributed by atoms with E-state index in [2.05, 4.69) is 218 Å². The summed E-state index contributed by atoms with van der Waals surface area (Å²) in [5, 5.41) is 9.78. The molecular formula is C58H43N3O2Si2. The van der Waals surface area contributed by atoms with E-state index in [9.17, 15) is 0 Å². The van der Waals surface area contributed by atoms with E-state index >= 15 is 0 Å². The lowest BCUT2D eigenvalue weighted by atomic mass is 10.1. The Labute approximate surface area is 381 Å². The van der Waals surface area contributed by atoms with E-state index in [1.165, 1.54) is 31.1 Å². The lowest BCUT2D eigenvalue weighted by Crippen LogP contribution is -2.76. The van der Waals surface area contributed by atoms with Crippen LogP contribution in [0, 0.1) is 0 Å². The van der Waals surface area contributed by atoms with Crippen molar-refractivity contribution in [1.82, 2.24) is 15.0 Å². The van der Waals surface area contributed by atoms with Crippen molar-refractivity contribution in [3.8, 4) is 57.2 Å². The van der Waals surface area contributed by atoms with Gasteiger partial charge in [-0.2, -0.15) is 0 Å². The van der Waals surface area contributed by atoms with Gasteiger partial charge in [-0.1, -0.05) is 220 Å². The molecule has 0 bridgehead atoms. The van der Waals surface area contributed by atoms with Gasteiger partial charge in [-0.25, -0.2) is 15.0 Å². The first-order valence-electron chi connectivity index (χ1n) is 21.6. The molecule has 3 heterocycles. The van der Waals surface area contributed by atoms with Crippen molar-refractivity contribution < 1.29 is 9.47 Å². The molecule has 0 saturated carbocycles. The monoisotopic (exact) mass is 869 g/mol. The molecule has 0 aliphatic carbocycles. The van der Waals surface area contributed by atoms with Crippen LogP contribution in [0.4, 0.5) is 0 Å². The van der Waals surface area contributed by atoms with E-state index in [4.69, 9.17) is 24.4 Å². The fourth-order valence-electron chi connectivity index (χ4n) is 10.1. The van der Waals surface area contributed by atoms with Crippen LogP contribution in [0.15, 0.2) is 237 Å². The third kappa shape index (κ3) is 6.23. The number of nitrogens with zero attached hydrogens (tertiary/aromatic N) is 3. The summed E-state index contributed by atoms with van der Waals surface area (Å²) in [5.41, 5.74) is 2.48. The number of ether oxygens (including phenoxy) is 2. The maximum absolute atomic E-state index is 7.12. The Morgan fingerprint density at radius 3 is 0.969 bits per heavy atom. The van der Waals surface area contributed by atoms with Crippen LogP contribution in [0.2, 0.25) is 0 Å². The first-order chi connectivity index (χ1) is 31.7. The first-order valence-corrected chi connectivity index (χ1v) is 25.6. The standard InChI is InChI=1S/C57H39N3O2Si2.CH4/c1-6-22-40(23-7-1)55-58-56(45-32-20-38-51-53(45)61-47-34-16-18-36-49(47)63(51,41-24-8-2-9-25-41)42-26-10-3-11-27-42)60-57(59-55)46-33-21-39-52-54(46)62-48-35-17-19-37-50(48)64(52,43-28-12-4-13-29-43)44-30-14-5-15-31-44;/h1-39H;1H4. The predicted molar refractivity (Wildman–Crippen MR) is 270 cm³/mol. The zero-order valence-electron chi connectivity index (χ0n) is 34.7. The van der Waals surface area contributed by atoms with Crippen molar-refractivity contribution in [2.45, 2.75) is 7.43 Å². The zero-order chi connectivity index (χ0) is 42.5. The van der Waals surface area contributed by atoms with Crippen molar-refractivity contribution in [2.75, 3.05) is 0 Å². The molecule has 1 aromatic heterocycles. The molecule has 9 aromatic carbocycles. The molecule has 0 saturated heterocycles. The Kier molecular flexibility index (Phi) is 9.99. The number of hydrogen-bond acceptors (Lipinski definition) is 5. The number of benzene rings is 9. The molecule has 310 valence electrons. The van der Waals surface area contributed by atoms with E-state index < -0.39 is 16.1 Å². The SMILES string of the molecule is C.c1ccc(-c2nc(-c3cccc4c3Oc3ccccc3[Si]4(c3ccccc3)c3ccccc3)nc(-c3cccc4c3Oc3ccccc3[Si]4(c3ccccc3)c3ccccc3)n2)cc1. The lowest BCUT2D eigenvalue weighted by molar-refractivity contribution is 0.488. The molecule has 2 aliphatic rings. The lowest BCUT2D eigenvalue weighted by Gasteiger charge is -2.40. The molecule has 7 heteroatoms. The van der Waals surface area contributed by atoms with Crippen molar-refractivity contribution >= 4 is 57.6 Å². The minimum Gasteiger partial charge on any atom is -0.457 e. The molecule has 10 aromatic rings. The summed E-state index contributed by atoms with van der Waals surface area (Å²) in [6.45, 7) is 0. The Morgan fingerprint density at radius 1 is 0.277 bits per heavy atom. The van der Waals surface area contributed by atoms with Gasteiger partial charge in [0.15, 0.2) is 33.6 Å². The second-order valence-electron chi connectivity index (χ2n) is 16.2. The fraction of sp³-hybridized carbons (Fsp3) is 0.0172. The quantitative estimate of drug-likeness (QED) is 0.151. The van der Waals surface area contributed by atoms with E-state index in [1.54, 1.807) is 0 Å². The minimum absolute atomic E-state index is 0. The minimum atomic E-state index is -2.94. The first kappa shape index (κ1) is 39.8. The van der Waals surface area contributed by atoms with Crippen molar-refractivity contribution in [1.29, 1.82) is 0 Å². The van der Waals surface area contributed by atoms with Gasteiger partial charge >= 0.3 is 0 Å². The molecular weight excluding hydrogens is 827 g/mol. The topological polar surface area (TPSA) is 57.1 Å². The van der Waals surface area contributed by atoms with Crippen LogP contribution in [-0.2, 0) is 0 Å². The molecule has 0 radical (unpaired) electrons. The molecule has 5 nitrogen and oxygen atoms in total. The largest absolute Gasteiger partial charge is 0.457 e. The number of rotatable bonds is 7.